The lowest BCUT2D eigenvalue weighted by Gasteiger charge is -2.12. The maximum absolute atomic E-state index is 5.49. The SMILES string of the molecule is CN(C)C1=CC(N)NN1. The molecule has 1 atom stereocenters. The average molecular weight is 128 g/mol. The van der Waals surface area contributed by atoms with Crippen LogP contribution in [-0.4, -0.2) is 25.2 Å². The quantitative estimate of drug-likeness (QED) is 0.414. The lowest BCUT2D eigenvalue weighted by Crippen LogP contribution is -2.39. The summed E-state index contributed by atoms with van der Waals surface area (Å²) < 4.78 is 0. The topological polar surface area (TPSA) is 53.3 Å². The van der Waals surface area contributed by atoms with E-state index in [1.807, 2.05) is 25.1 Å². The molecule has 0 saturated carbocycles. The van der Waals surface area contributed by atoms with Gasteiger partial charge in [0.2, 0.25) is 0 Å². The highest BCUT2D eigenvalue weighted by Gasteiger charge is 2.09. The summed E-state index contributed by atoms with van der Waals surface area (Å²) in [4.78, 5) is 1.96. The smallest absolute Gasteiger partial charge is 0.114 e. The minimum atomic E-state index is -0.0533. The van der Waals surface area contributed by atoms with Gasteiger partial charge in [-0.1, -0.05) is 0 Å². The van der Waals surface area contributed by atoms with Gasteiger partial charge in [0.15, 0.2) is 0 Å². The number of rotatable bonds is 1. The molecule has 0 amide bonds. The summed E-state index contributed by atoms with van der Waals surface area (Å²) in [5.74, 6) is 1.02. The van der Waals surface area contributed by atoms with Gasteiger partial charge in [0, 0.05) is 14.1 Å². The molecule has 0 spiro atoms. The standard InChI is InChI=1S/C5H12N4/c1-9(2)5-3-4(6)7-8-5/h3-4,7-8H,6H2,1-2H3. The van der Waals surface area contributed by atoms with E-state index in [0.717, 1.165) is 5.82 Å². The Hall–Kier alpha value is -0.740. The molecule has 4 nitrogen and oxygen atoms in total. The van der Waals surface area contributed by atoms with Crippen LogP contribution in [0.4, 0.5) is 0 Å². The predicted octanol–water partition coefficient (Wildman–Crippen LogP) is -1.22. The molecule has 0 aliphatic carbocycles. The van der Waals surface area contributed by atoms with E-state index in [0.29, 0.717) is 0 Å². The maximum Gasteiger partial charge on any atom is 0.114 e. The first-order valence-corrected chi connectivity index (χ1v) is 2.86. The first-order valence-electron chi connectivity index (χ1n) is 2.86. The second kappa shape index (κ2) is 2.24. The molecule has 4 N–H and O–H groups in total. The zero-order chi connectivity index (χ0) is 6.85. The molecule has 1 aliphatic heterocycles. The zero-order valence-corrected chi connectivity index (χ0v) is 5.68. The normalized spacial score (nSPS) is 25.2. The number of nitrogens with zero attached hydrogens (tertiary/aromatic N) is 1. The van der Waals surface area contributed by atoms with Gasteiger partial charge in [-0.3, -0.25) is 0 Å². The Labute approximate surface area is 54.7 Å². The molecule has 1 heterocycles. The van der Waals surface area contributed by atoms with Gasteiger partial charge < -0.3 is 16.1 Å². The summed E-state index contributed by atoms with van der Waals surface area (Å²) in [6.07, 6.45) is 1.86. The van der Waals surface area contributed by atoms with Gasteiger partial charge in [-0.15, -0.1) is 0 Å². The second-order valence-corrected chi connectivity index (χ2v) is 2.24. The van der Waals surface area contributed by atoms with Crippen molar-refractivity contribution in [1.82, 2.24) is 15.8 Å². The number of nitrogens with one attached hydrogen (secondary N) is 2. The van der Waals surface area contributed by atoms with E-state index >= 15 is 0 Å². The van der Waals surface area contributed by atoms with Crippen molar-refractivity contribution in [2.75, 3.05) is 14.1 Å². The fourth-order valence-corrected chi connectivity index (χ4v) is 0.672. The van der Waals surface area contributed by atoms with Crippen LogP contribution >= 0.6 is 0 Å². The summed E-state index contributed by atoms with van der Waals surface area (Å²) in [5.41, 5.74) is 11.2. The molecule has 1 unspecified atom stereocenters. The predicted molar refractivity (Wildman–Crippen MR) is 36.0 cm³/mol. The Morgan fingerprint density at radius 2 is 2.33 bits per heavy atom. The average Bonchev–Trinajstić information content (AvgIpc) is 2.14. The molecule has 0 radical (unpaired) electrons. The van der Waals surface area contributed by atoms with Crippen LogP contribution < -0.4 is 16.6 Å². The third-order valence-corrected chi connectivity index (χ3v) is 1.19. The van der Waals surface area contributed by atoms with Crippen molar-refractivity contribution in [2.45, 2.75) is 6.17 Å². The molecule has 1 rings (SSSR count). The van der Waals surface area contributed by atoms with Gasteiger partial charge in [0.05, 0.1) is 6.17 Å². The van der Waals surface area contributed by atoms with Gasteiger partial charge >= 0.3 is 0 Å². The monoisotopic (exact) mass is 128 g/mol. The first kappa shape index (κ1) is 6.38. The van der Waals surface area contributed by atoms with Crippen molar-refractivity contribution >= 4 is 0 Å². The highest BCUT2D eigenvalue weighted by Crippen LogP contribution is 1.97. The van der Waals surface area contributed by atoms with E-state index < -0.39 is 0 Å². The number of hydrogen-bond donors (Lipinski definition) is 3. The lowest BCUT2D eigenvalue weighted by atomic mass is 10.5. The minimum absolute atomic E-state index is 0.0533. The van der Waals surface area contributed by atoms with E-state index in [-0.39, 0.29) is 6.17 Å². The largest absolute Gasteiger partial charge is 0.364 e. The summed E-state index contributed by atoms with van der Waals surface area (Å²) in [5, 5.41) is 0. The fraction of sp³-hybridized carbons (Fsp3) is 0.600. The lowest BCUT2D eigenvalue weighted by molar-refractivity contribution is 0.446. The van der Waals surface area contributed by atoms with Gasteiger partial charge in [-0.05, 0) is 6.08 Å². The Bertz CT molecular complexity index is 129. The summed E-state index contributed by atoms with van der Waals surface area (Å²) in [6.45, 7) is 0. The molecule has 0 fully saturated rings. The number of hydrazine groups is 1. The Morgan fingerprint density at radius 3 is 2.56 bits per heavy atom. The molecule has 0 aromatic rings. The Balaban J connectivity index is 2.52. The van der Waals surface area contributed by atoms with Crippen LogP contribution in [0.3, 0.4) is 0 Å². The van der Waals surface area contributed by atoms with E-state index in [1.165, 1.54) is 0 Å². The van der Waals surface area contributed by atoms with E-state index in [2.05, 4.69) is 10.9 Å². The highest BCUT2D eigenvalue weighted by atomic mass is 15.5. The molecule has 52 valence electrons. The van der Waals surface area contributed by atoms with E-state index in [1.54, 1.807) is 0 Å². The summed E-state index contributed by atoms with van der Waals surface area (Å²) in [7, 11) is 3.91. The molecular formula is C5H12N4. The van der Waals surface area contributed by atoms with Crippen LogP contribution in [0.1, 0.15) is 0 Å². The molecule has 1 aliphatic rings. The van der Waals surface area contributed by atoms with Gasteiger partial charge in [0.1, 0.15) is 5.82 Å². The molecule has 0 aromatic carbocycles. The van der Waals surface area contributed by atoms with Crippen molar-refractivity contribution in [3.05, 3.63) is 11.9 Å². The fourth-order valence-electron chi connectivity index (χ4n) is 0.672. The van der Waals surface area contributed by atoms with Gasteiger partial charge in [-0.25, -0.2) is 5.43 Å². The Kier molecular flexibility index (Phi) is 1.59. The summed E-state index contributed by atoms with van der Waals surface area (Å²) in [6, 6.07) is 0. The first-order chi connectivity index (χ1) is 4.20. The van der Waals surface area contributed by atoms with Crippen molar-refractivity contribution in [1.29, 1.82) is 0 Å². The molecular weight excluding hydrogens is 116 g/mol. The van der Waals surface area contributed by atoms with Crippen LogP contribution in [0, 0.1) is 0 Å². The van der Waals surface area contributed by atoms with Crippen LogP contribution in [0.2, 0.25) is 0 Å². The summed E-state index contributed by atoms with van der Waals surface area (Å²) >= 11 is 0. The zero-order valence-electron chi connectivity index (χ0n) is 5.68. The van der Waals surface area contributed by atoms with Crippen LogP contribution in [-0.2, 0) is 0 Å². The third kappa shape index (κ3) is 1.34. The molecule has 4 heteroatoms. The van der Waals surface area contributed by atoms with E-state index in [4.69, 9.17) is 5.73 Å². The van der Waals surface area contributed by atoms with Crippen LogP contribution in [0.15, 0.2) is 11.9 Å². The van der Waals surface area contributed by atoms with Crippen LogP contribution in [0.5, 0.6) is 0 Å². The van der Waals surface area contributed by atoms with E-state index in [9.17, 15) is 0 Å². The molecule has 9 heavy (non-hydrogen) atoms. The van der Waals surface area contributed by atoms with Crippen molar-refractivity contribution in [2.24, 2.45) is 5.73 Å². The molecule has 0 saturated heterocycles. The van der Waals surface area contributed by atoms with Crippen LogP contribution in [0.25, 0.3) is 0 Å². The highest BCUT2D eigenvalue weighted by molar-refractivity contribution is 5.05. The van der Waals surface area contributed by atoms with Gasteiger partial charge in [0.25, 0.3) is 0 Å². The number of nitrogens with two attached hydrogens (primary N) is 1. The Morgan fingerprint density at radius 1 is 1.67 bits per heavy atom. The van der Waals surface area contributed by atoms with Gasteiger partial charge in [-0.2, -0.15) is 0 Å². The maximum atomic E-state index is 5.49. The number of hydrogen-bond acceptors (Lipinski definition) is 4. The second-order valence-electron chi connectivity index (χ2n) is 2.24. The van der Waals surface area contributed by atoms with Crippen molar-refractivity contribution in [3.63, 3.8) is 0 Å². The minimum Gasteiger partial charge on any atom is -0.364 e. The molecule has 0 bridgehead atoms. The van der Waals surface area contributed by atoms with Crippen molar-refractivity contribution in [3.8, 4) is 0 Å². The van der Waals surface area contributed by atoms with Crippen molar-refractivity contribution < 1.29 is 0 Å². The third-order valence-electron chi connectivity index (χ3n) is 1.19. The molecule has 0 aromatic heterocycles.